The number of carbonyl (C=O) groups is 3. The number of nitrogens with one attached hydrogen (secondary N) is 3. The van der Waals surface area contributed by atoms with Crippen LogP contribution in [0.3, 0.4) is 0 Å². The maximum atomic E-state index is 13.2. The maximum Gasteiger partial charge on any atom is 0.325 e. The van der Waals surface area contributed by atoms with Gasteiger partial charge in [-0.15, -0.1) is 0 Å². The van der Waals surface area contributed by atoms with Gasteiger partial charge in [-0.2, -0.15) is 10.1 Å². The van der Waals surface area contributed by atoms with Crippen molar-refractivity contribution in [1.82, 2.24) is 25.4 Å². The number of hydrogen-bond donors (Lipinski definition) is 3. The summed E-state index contributed by atoms with van der Waals surface area (Å²) < 4.78 is 13.2. The number of anilines is 1. The van der Waals surface area contributed by atoms with Crippen molar-refractivity contribution in [1.29, 1.82) is 0 Å². The Labute approximate surface area is 135 Å². The van der Waals surface area contributed by atoms with Crippen LogP contribution in [0.4, 0.5) is 15.1 Å². The van der Waals surface area contributed by atoms with E-state index < -0.39 is 29.7 Å². The van der Waals surface area contributed by atoms with Gasteiger partial charge in [-0.25, -0.2) is 14.3 Å². The quantitative estimate of drug-likeness (QED) is 0.684. The summed E-state index contributed by atoms with van der Waals surface area (Å²) >= 11 is 0. The molecule has 1 fully saturated rings. The van der Waals surface area contributed by atoms with Crippen molar-refractivity contribution in [2.45, 2.75) is 19.0 Å². The van der Waals surface area contributed by atoms with Crippen molar-refractivity contribution in [3.05, 3.63) is 42.0 Å². The molecular formula is C14H13FN6O3. The van der Waals surface area contributed by atoms with Crippen LogP contribution in [-0.2, 0) is 16.1 Å². The third-order valence-corrected chi connectivity index (χ3v) is 3.40. The molecule has 0 bridgehead atoms. The van der Waals surface area contributed by atoms with E-state index >= 15 is 0 Å². The van der Waals surface area contributed by atoms with Gasteiger partial charge in [-0.05, 0) is 17.7 Å². The lowest BCUT2D eigenvalue weighted by Gasteiger charge is -2.13. The largest absolute Gasteiger partial charge is 0.325 e. The number of rotatable bonds is 5. The van der Waals surface area contributed by atoms with Gasteiger partial charge in [0, 0.05) is 0 Å². The van der Waals surface area contributed by atoms with E-state index in [-0.39, 0.29) is 18.9 Å². The van der Waals surface area contributed by atoms with E-state index in [1.807, 2.05) is 0 Å². The summed E-state index contributed by atoms with van der Waals surface area (Å²) in [5, 5.41) is 10.9. The number of H-pyrrole nitrogens is 1. The summed E-state index contributed by atoms with van der Waals surface area (Å²) in [6, 6.07) is 4.01. The first-order valence-corrected chi connectivity index (χ1v) is 7.04. The highest BCUT2D eigenvalue weighted by molar-refractivity contribution is 6.06. The Morgan fingerprint density at radius 3 is 2.92 bits per heavy atom. The number of carbonyl (C=O) groups excluding carboxylic acids is 3. The Morgan fingerprint density at radius 2 is 2.21 bits per heavy atom. The molecule has 1 aliphatic heterocycles. The van der Waals surface area contributed by atoms with Crippen molar-refractivity contribution in [3.63, 3.8) is 0 Å². The molecule has 1 saturated heterocycles. The molecule has 4 amide bonds. The first-order chi connectivity index (χ1) is 11.5. The topological polar surface area (TPSA) is 120 Å². The monoisotopic (exact) mass is 332 g/mol. The lowest BCUT2D eigenvalue weighted by atomic mass is 10.1. The zero-order valence-electron chi connectivity index (χ0n) is 12.3. The summed E-state index contributed by atoms with van der Waals surface area (Å²) in [4.78, 5) is 40.7. The van der Waals surface area contributed by atoms with E-state index in [1.54, 1.807) is 6.07 Å². The molecule has 2 aromatic rings. The van der Waals surface area contributed by atoms with Crippen molar-refractivity contribution < 1.29 is 18.8 Å². The molecule has 0 spiro atoms. The number of imide groups is 1. The van der Waals surface area contributed by atoms with Crippen LogP contribution < -0.4 is 10.6 Å². The van der Waals surface area contributed by atoms with Crippen LogP contribution in [0.2, 0.25) is 0 Å². The second-order valence-corrected chi connectivity index (χ2v) is 5.14. The normalized spacial score (nSPS) is 17.0. The minimum atomic E-state index is -0.978. The van der Waals surface area contributed by atoms with E-state index in [2.05, 4.69) is 25.8 Å². The molecule has 2 heterocycles. The second kappa shape index (κ2) is 6.44. The fourth-order valence-corrected chi connectivity index (χ4v) is 2.32. The van der Waals surface area contributed by atoms with Crippen LogP contribution in [0.25, 0.3) is 0 Å². The summed E-state index contributed by atoms with van der Waals surface area (Å²) in [5.74, 6) is -1.36. The first-order valence-electron chi connectivity index (χ1n) is 7.04. The van der Waals surface area contributed by atoms with Gasteiger partial charge in [-0.3, -0.25) is 19.8 Å². The molecule has 0 unspecified atom stereocenters. The molecule has 1 atom stereocenters. The zero-order chi connectivity index (χ0) is 17.1. The fourth-order valence-electron chi connectivity index (χ4n) is 2.32. The van der Waals surface area contributed by atoms with Crippen LogP contribution in [0.5, 0.6) is 0 Å². The van der Waals surface area contributed by atoms with Crippen LogP contribution in [0, 0.1) is 5.82 Å². The molecule has 3 rings (SSSR count). The summed E-state index contributed by atoms with van der Waals surface area (Å²) in [7, 11) is 0. The van der Waals surface area contributed by atoms with Gasteiger partial charge in [0.25, 0.3) is 5.91 Å². The molecule has 0 aliphatic carbocycles. The van der Waals surface area contributed by atoms with Crippen LogP contribution in [-0.4, -0.2) is 44.0 Å². The summed E-state index contributed by atoms with van der Waals surface area (Å²) in [6.45, 7) is -0.0668. The number of amides is 4. The van der Waals surface area contributed by atoms with E-state index in [9.17, 15) is 18.8 Å². The molecule has 0 saturated carbocycles. The Kier molecular flexibility index (Phi) is 4.18. The minimum Gasteiger partial charge on any atom is -0.325 e. The van der Waals surface area contributed by atoms with E-state index in [4.69, 9.17) is 0 Å². The number of hydrogen-bond acceptors (Lipinski definition) is 5. The third kappa shape index (κ3) is 3.37. The van der Waals surface area contributed by atoms with Crippen LogP contribution in [0.1, 0.15) is 12.0 Å². The van der Waals surface area contributed by atoms with Gasteiger partial charge in [-0.1, -0.05) is 12.1 Å². The zero-order valence-corrected chi connectivity index (χ0v) is 12.3. The van der Waals surface area contributed by atoms with Gasteiger partial charge in [0.1, 0.15) is 18.2 Å². The van der Waals surface area contributed by atoms with E-state index in [0.717, 1.165) is 4.90 Å². The van der Waals surface area contributed by atoms with Gasteiger partial charge in [0.15, 0.2) is 0 Å². The highest BCUT2D eigenvalue weighted by Crippen LogP contribution is 2.15. The Hall–Kier alpha value is -3.30. The predicted molar refractivity (Wildman–Crippen MR) is 78.9 cm³/mol. The number of aromatic amines is 1. The fraction of sp³-hybridized carbons (Fsp3) is 0.214. The van der Waals surface area contributed by atoms with Crippen molar-refractivity contribution >= 4 is 23.8 Å². The van der Waals surface area contributed by atoms with Gasteiger partial charge >= 0.3 is 6.03 Å². The Morgan fingerprint density at radius 1 is 1.38 bits per heavy atom. The second-order valence-electron chi connectivity index (χ2n) is 5.14. The van der Waals surface area contributed by atoms with Crippen LogP contribution >= 0.6 is 0 Å². The minimum absolute atomic E-state index is 0.0668. The highest BCUT2D eigenvalue weighted by atomic mass is 19.1. The van der Waals surface area contributed by atoms with Gasteiger partial charge in [0.2, 0.25) is 11.9 Å². The maximum absolute atomic E-state index is 13.2. The van der Waals surface area contributed by atoms with Gasteiger partial charge < -0.3 is 5.32 Å². The Bertz CT molecular complexity index is 779. The highest BCUT2D eigenvalue weighted by Gasteiger charge is 2.39. The number of nitrogens with zero attached hydrogens (tertiary/aromatic N) is 3. The van der Waals surface area contributed by atoms with Crippen molar-refractivity contribution in [2.24, 2.45) is 0 Å². The molecule has 9 nitrogen and oxygen atoms in total. The SMILES string of the molecule is O=C(C[C@@H]1NC(=O)N(Cc2cccc(F)c2)C1=O)Nc1ncn[nH]1. The molecule has 1 aromatic carbocycles. The van der Waals surface area contributed by atoms with Crippen molar-refractivity contribution in [2.75, 3.05) is 5.32 Å². The predicted octanol–water partition coefficient (Wildman–Crippen LogP) is 0.393. The number of benzene rings is 1. The van der Waals surface area contributed by atoms with Gasteiger partial charge in [0.05, 0.1) is 13.0 Å². The molecule has 24 heavy (non-hydrogen) atoms. The molecular weight excluding hydrogens is 319 g/mol. The summed E-state index contributed by atoms with van der Waals surface area (Å²) in [5.41, 5.74) is 0.477. The molecule has 10 heteroatoms. The lowest BCUT2D eigenvalue weighted by molar-refractivity contribution is -0.130. The molecule has 1 aromatic heterocycles. The number of urea groups is 1. The lowest BCUT2D eigenvalue weighted by Crippen LogP contribution is -2.34. The number of aromatic nitrogens is 3. The molecule has 3 N–H and O–H groups in total. The average molecular weight is 332 g/mol. The third-order valence-electron chi connectivity index (χ3n) is 3.40. The molecule has 124 valence electrons. The number of halogens is 1. The van der Waals surface area contributed by atoms with Crippen LogP contribution in [0.15, 0.2) is 30.6 Å². The van der Waals surface area contributed by atoms with E-state index in [0.29, 0.717) is 5.56 Å². The molecule has 1 aliphatic rings. The average Bonchev–Trinajstić information content (AvgIpc) is 3.12. The standard InChI is InChI=1S/C14H13FN6O3/c15-9-3-1-2-8(4-9)6-21-12(23)10(18-14(21)24)5-11(22)19-13-16-7-17-20-13/h1-4,7,10H,5-6H2,(H,18,24)(H2,16,17,19,20,22)/t10-/m0/s1. The molecule has 0 radical (unpaired) electrons. The smallest absolute Gasteiger partial charge is 0.325 e. The van der Waals surface area contributed by atoms with Crippen molar-refractivity contribution in [3.8, 4) is 0 Å². The summed E-state index contributed by atoms with van der Waals surface area (Å²) in [6.07, 6.45) is 0.976. The van der Waals surface area contributed by atoms with E-state index in [1.165, 1.54) is 24.5 Å². The Balaban J connectivity index is 1.62. The first kappa shape index (κ1) is 15.6.